The molecule has 0 N–H and O–H groups in total. The van der Waals surface area contributed by atoms with Gasteiger partial charge >= 0.3 is 5.97 Å². The summed E-state index contributed by atoms with van der Waals surface area (Å²) in [7, 11) is 0. The van der Waals surface area contributed by atoms with Gasteiger partial charge in [-0.25, -0.2) is 4.79 Å². The van der Waals surface area contributed by atoms with Crippen LogP contribution in [0.25, 0.3) is 5.57 Å². The zero-order chi connectivity index (χ0) is 16.8. The summed E-state index contributed by atoms with van der Waals surface area (Å²) in [6, 6.07) is 17.0. The predicted molar refractivity (Wildman–Crippen MR) is 98.1 cm³/mol. The summed E-state index contributed by atoms with van der Waals surface area (Å²) < 4.78 is 5.43. The minimum absolute atomic E-state index is 0.317. The highest BCUT2D eigenvalue weighted by atomic mass is 16.5. The zero-order valence-electron chi connectivity index (χ0n) is 14.2. The maximum atomic E-state index is 12.1. The third kappa shape index (κ3) is 4.14. The molecule has 0 bridgehead atoms. The SMILES string of the molecule is CCCC1CC=C(c2ccc(OC(=O)c3ccccc3)cc2)CC1. The molecule has 1 atom stereocenters. The quantitative estimate of drug-likeness (QED) is 0.507. The highest BCUT2D eigenvalue weighted by Gasteiger charge is 2.15. The molecule has 0 fully saturated rings. The molecule has 2 heteroatoms. The van der Waals surface area contributed by atoms with Gasteiger partial charge in [-0.05, 0) is 60.6 Å². The largest absolute Gasteiger partial charge is 0.423 e. The third-order valence-corrected chi connectivity index (χ3v) is 4.66. The molecular formula is C22H24O2. The van der Waals surface area contributed by atoms with Gasteiger partial charge < -0.3 is 4.74 Å². The molecule has 2 nitrogen and oxygen atoms in total. The van der Waals surface area contributed by atoms with Crippen LogP contribution >= 0.6 is 0 Å². The summed E-state index contributed by atoms with van der Waals surface area (Å²) in [6.07, 6.45) is 8.61. The first-order valence-corrected chi connectivity index (χ1v) is 8.83. The monoisotopic (exact) mass is 320 g/mol. The van der Waals surface area contributed by atoms with Crippen molar-refractivity contribution in [1.82, 2.24) is 0 Å². The second kappa shape index (κ2) is 7.96. The van der Waals surface area contributed by atoms with E-state index >= 15 is 0 Å². The lowest BCUT2D eigenvalue weighted by atomic mass is 9.84. The maximum Gasteiger partial charge on any atom is 0.343 e. The molecule has 0 amide bonds. The molecule has 0 aliphatic heterocycles. The molecule has 24 heavy (non-hydrogen) atoms. The molecule has 0 heterocycles. The van der Waals surface area contributed by atoms with E-state index in [-0.39, 0.29) is 5.97 Å². The van der Waals surface area contributed by atoms with E-state index in [9.17, 15) is 4.79 Å². The number of esters is 1. The van der Waals surface area contributed by atoms with Crippen molar-refractivity contribution in [1.29, 1.82) is 0 Å². The van der Waals surface area contributed by atoms with Crippen molar-refractivity contribution in [2.75, 3.05) is 0 Å². The fraction of sp³-hybridized carbons (Fsp3) is 0.318. The summed E-state index contributed by atoms with van der Waals surface area (Å²) in [5.41, 5.74) is 3.23. The second-order valence-electron chi connectivity index (χ2n) is 6.44. The third-order valence-electron chi connectivity index (χ3n) is 4.66. The van der Waals surface area contributed by atoms with Crippen LogP contribution in [0.2, 0.25) is 0 Å². The minimum Gasteiger partial charge on any atom is -0.423 e. The number of carbonyl (C=O) groups excluding carboxylic acids is 1. The van der Waals surface area contributed by atoms with Gasteiger partial charge in [0, 0.05) is 0 Å². The van der Waals surface area contributed by atoms with Crippen LogP contribution in [0.5, 0.6) is 5.75 Å². The molecule has 2 aromatic rings. The predicted octanol–water partition coefficient (Wildman–Crippen LogP) is 5.89. The van der Waals surface area contributed by atoms with Gasteiger partial charge in [0.2, 0.25) is 0 Å². The van der Waals surface area contributed by atoms with Crippen molar-refractivity contribution in [2.45, 2.75) is 39.0 Å². The van der Waals surface area contributed by atoms with Crippen LogP contribution in [0.3, 0.4) is 0 Å². The number of hydrogen-bond donors (Lipinski definition) is 0. The lowest BCUT2D eigenvalue weighted by molar-refractivity contribution is 0.0735. The van der Waals surface area contributed by atoms with E-state index in [1.807, 2.05) is 30.3 Å². The molecule has 0 spiro atoms. The Kier molecular flexibility index (Phi) is 5.47. The molecule has 0 saturated carbocycles. The van der Waals surface area contributed by atoms with E-state index in [4.69, 9.17) is 4.74 Å². The number of ether oxygens (including phenoxy) is 1. The Bertz CT molecular complexity index is 699. The molecule has 124 valence electrons. The Morgan fingerprint density at radius 2 is 1.83 bits per heavy atom. The maximum absolute atomic E-state index is 12.1. The van der Waals surface area contributed by atoms with E-state index < -0.39 is 0 Å². The van der Waals surface area contributed by atoms with Crippen LogP contribution in [0.4, 0.5) is 0 Å². The highest BCUT2D eigenvalue weighted by molar-refractivity contribution is 5.91. The van der Waals surface area contributed by atoms with Crippen molar-refractivity contribution in [3.8, 4) is 5.75 Å². The van der Waals surface area contributed by atoms with Gasteiger partial charge in [-0.3, -0.25) is 0 Å². The normalized spacial score (nSPS) is 17.2. The molecule has 0 radical (unpaired) electrons. The van der Waals surface area contributed by atoms with Crippen molar-refractivity contribution in [2.24, 2.45) is 5.92 Å². The average molecular weight is 320 g/mol. The summed E-state index contributed by atoms with van der Waals surface area (Å²) in [6.45, 7) is 2.26. The van der Waals surface area contributed by atoms with Gasteiger partial charge in [-0.2, -0.15) is 0 Å². The van der Waals surface area contributed by atoms with Crippen LogP contribution in [-0.2, 0) is 0 Å². The molecule has 0 saturated heterocycles. The van der Waals surface area contributed by atoms with Crippen LogP contribution in [0.15, 0.2) is 60.7 Å². The van der Waals surface area contributed by atoms with E-state index in [2.05, 4.69) is 25.1 Å². The zero-order valence-corrected chi connectivity index (χ0v) is 14.2. The van der Waals surface area contributed by atoms with Crippen LogP contribution in [-0.4, -0.2) is 5.97 Å². The van der Waals surface area contributed by atoms with Crippen molar-refractivity contribution >= 4 is 11.5 Å². The smallest absolute Gasteiger partial charge is 0.343 e. The molecule has 2 aromatic carbocycles. The second-order valence-corrected chi connectivity index (χ2v) is 6.44. The summed E-state index contributed by atoms with van der Waals surface area (Å²) in [4.78, 5) is 12.1. The first-order valence-electron chi connectivity index (χ1n) is 8.83. The Labute approximate surface area is 144 Å². The Morgan fingerprint density at radius 1 is 1.08 bits per heavy atom. The van der Waals surface area contributed by atoms with E-state index in [0.717, 1.165) is 12.3 Å². The molecule has 1 aliphatic carbocycles. The number of carbonyl (C=O) groups is 1. The van der Waals surface area contributed by atoms with Gasteiger partial charge in [-0.1, -0.05) is 56.2 Å². The number of hydrogen-bond acceptors (Lipinski definition) is 2. The van der Waals surface area contributed by atoms with Crippen LogP contribution in [0, 0.1) is 5.92 Å². The van der Waals surface area contributed by atoms with E-state index in [0.29, 0.717) is 11.3 Å². The van der Waals surface area contributed by atoms with Crippen molar-refractivity contribution in [3.05, 3.63) is 71.8 Å². The molecule has 0 aromatic heterocycles. The minimum atomic E-state index is -0.317. The number of rotatable bonds is 5. The van der Waals surface area contributed by atoms with E-state index in [1.54, 1.807) is 12.1 Å². The number of allylic oxidation sites excluding steroid dienone is 2. The van der Waals surface area contributed by atoms with Gasteiger partial charge in [0.05, 0.1) is 5.56 Å². The molecule has 1 aliphatic rings. The summed E-state index contributed by atoms with van der Waals surface area (Å²) in [5.74, 6) is 1.13. The lowest BCUT2D eigenvalue weighted by Gasteiger charge is -2.21. The lowest BCUT2D eigenvalue weighted by Crippen LogP contribution is -2.08. The van der Waals surface area contributed by atoms with Gasteiger partial charge in [0.25, 0.3) is 0 Å². The standard InChI is InChI=1S/C22H24O2/c1-2-6-17-9-11-18(12-10-17)19-13-15-21(16-14-19)24-22(23)20-7-4-3-5-8-20/h3-5,7-8,11,13-17H,2,6,9-10,12H2,1H3. The van der Waals surface area contributed by atoms with Crippen LogP contribution < -0.4 is 4.74 Å². The number of benzene rings is 2. The molecular weight excluding hydrogens is 296 g/mol. The van der Waals surface area contributed by atoms with Gasteiger partial charge in [-0.15, -0.1) is 0 Å². The first-order chi connectivity index (χ1) is 11.8. The van der Waals surface area contributed by atoms with Crippen molar-refractivity contribution in [3.63, 3.8) is 0 Å². The van der Waals surface area contributed by atoms with E-state index in [1.165, 1.54) is 36.8 Å². The van der Waals surface area contributed by atoms with Crippen LogP contribution in [0.1, 0.15) is 54.9 Å². The highest BCUT2D eigenvalue weighted by Crippen LogP contribution is 2.32. The topological polar surface area (TPSA) is 26.3 Å². The summed E-state index contributed by atoms with van der Waals surface area (Å²) in [5, 5.41) is 0. The van der Waals surface area contributed by atoms with Gasteiger partial charge in [0.15, 0.2) is 0 Å². The Balaban J connectivity index is 1.63. The van der Waals surface area contributed by atoms with Gasteiger partial charge in [0.1, 0.15) is 5.75 Å². The summed E-state index contributed by atoms with van der Waals surface area (Å²) >= 11 is 0. The molecule has 1 unspecified atom stereocenters. The fourth-order valence-electron chi connectivity index (χ4n) is 3.30. The Morgan fingerprint density at radius 3 is 2.46 bits per heavy atom. The Hall–Kier alpha value is -2.35. The molecule has 3 rings (SSSR count). The average Bonchev–Trinajstić information content (AvgIpc) is 2.64. The van der Waals surface area contributed by atoms with Crippen molar-refractivity contribution < 1.29 is 9.53 Å². The fourth-order valence-corrected chi connectivity index (χ4v) is 3.30. The first kappa shape index (κ1) is 16.5.